The summed E-state index contributed by atoms with van der Waals surface area (Å²) >= 11 is 6.11. The first-order valence-electron chi connectivity index (χ1n) is 11.4. The average Bonchev–Trinajstić information content (AvgIpc) is 2.85. The van der Waals surface area contributed by atoms with E-state index in [2.05, 4.69) is 5.32 Å². The predicted molar refractivity (Wildman–Crippen MR) is 141 cm³/mol. The maximum atomic E-state index is 13.7. The third-order valence-electron chi connectivity index (χ3n) is 5.80. The van der Waals surface area contributed by atoms with E-state index in [-0.39, 0.29) is 11.6 Å². The van der Waals surface area contributed by atoms with Crippen LogP contribution in [-0.4, -0.2) is 52.6 Å². The van der Waals surface area contributed by atoms with E-state index in [9.17, 15) is 9.59 Å². The van der Waals surface area contributed by atoms with Gasteiger partial charge < -0.3 is 15.1 Å². The predicted octanol–water partition coefficient (Wildman–Crippen LogP) is 5.20. The van der Waals surface area contributed by atoms with Crippen LogP contribution >= 0.6 is 11.6 Å². The second-order valence-corrected chi connectivity index (χ2v) is 9.01. The van der Waals surface area contributed by atoms with E-state index < -0.39 is 6.04 Å². The Hall–Kier alpha value is -3.68. The third-order valence-corrected chi connectivity index (χ3v) is 6.05. The highest BCUT2D eigenvalue weighted by molar-refractivity contribution is 6.30. The van der Waals surface area contributed by atoms with Gasteiger partial charge in [-0.2, -0.15) is 0 Å². The Morgan fingerprint density at radius 1 is 0.971 bits per heavy atom. The zero-order valence-electron chi connectivity index (χ0n) is 20.0. The number of rotatable bonds is 7. The van der Waals surface area contributed by atoms with Gasteiger partial charge >= 0.3 is 6.03 Å². The number of hydrogen-bond acceptors (Lipinski definition) is 4. The van der Waals surface area contributed by atoms with Gasteiger partial charge in [0.2, 0.25) is 0 Å². The quantitative estimate of drug-likeness (QED) is 0.387. The van der Waals surface area contributed by atoms with Crippen molar-refractivity contribution in [3.05, 3.63) is 100 Å². The number of nitrogens with zero attached hydrogens (tertiary/aromatic N) is 4. The molecule has 8 heteroatoms. The van der Waals surface area contributed by atoms with E-state index in [4.69, 9.17) is 16.6 Å². The highest BCUT2D eigenvalue weighted by Crippen LogP contribution is 2.24. The molecule has 0 fully saturated rings. The molecule has 0 saturated carbocycles. The zero-order chi connectivity index (χ0) is 24.9. The van der Waals surface area contributed by atoms with Gasteiger partial charge in [-0.05, 0) is 69.6 Å². The lowest BCUT2D eigenvalue weighted by Crippen LogP contribution is -2.43. The summed E-state index contributed by atoms with van der Waals surface area (Å²) in [7, 11) is 3.91. The van der Waals surface area contributed by atoms with Gasteiger partial charge in [-0.1, -0.05) is 41.9 Å². The number of benzene rings is 3. The summed E-state index contributed by atoms with van der Waals surface area (Å²) in [6.45, 7) is 2.98. The van der Waals surface area contributed by atoms with Crippen molar-refractivity contribution in [1.29, 1.82) is 0 Å². The summed E-state index contributed by atoms with van der Waals surface area (Å²) in [5.41, 5.74) is 1.72. The zero-order valence-corrected chi connectivity index (χ0v) is 20.7. The van der Waals surface area contributed by atoms with Crippen LogP contribution < -0.4 is 10.9 Å². The monoisotopic (exact) mass is 489 g/mol. The van der Waals surface area contributed by atoms with Gasteiger partial charge in [-0.25, -0.2) is 9.78 Å². The molecule has 7 nitrogen and oxygen atoms in total. The van der Waals surface area contributed by atoms with Gasteiger partial charge in [0.1, 0.15) is 5.82 Å². The first kappa shape index (κ1) is 24.4. The number of halogens is 1. The van der Waals surface area contributed by atoms with Crippen LogP contribution in [0.2, 0.25) is 5.02 Å². The van der Waals surface area contributed by atoms with Crippen LogP contribution in [0.5, 0.6) is 0 Å². The fourth-order valence-electron chi connectivity index (χ4n) is 3.90. The molecule has 2 amide bonds. The lowest BCUT2D eigenvalue weighted by atomic mass is 10.2. The molecule has 1 atom stereocenters. The number of carbonyl (C=O) groups excluding carboxylic acids is 1. The summed E-state index contributed by atoms with van der Waals surface area (Å²) in [6.07, 6.45) is 0. The lowest BCUT2D eigenvalue weighted by Gasteiger charge is -2.31. The van der Waals surface area contributed by atoms with Crippen LogP contribution in [-0.2, 0) is 0 Å². The molecule has 3 aromatic carbocycles. The number of urea groups is 1. The minimum atomic E-state index is -0.508. The van der Waals surface area contributed by atoms with Gasteiger partial charge in [-0.3, -0.25) is 9.36 Å². The van der Waals surface area contributed by atoms with Crippen molar-refractivity contribution in [2.75, 3.05) is 32.5 Å². The number of likely N-dealkylation sites (N-methyl/N-ethyl adjacent to an activating group) is 1. The van der Waals surface area contributed by atoms with Crippen LogP contribution in [0.4, 0.5) is 10.5 Å². The van der Waals surface area contributed by atoms with Crippen LogP contribution in [0.3, 0.4) is 0 Å². The van der Waals surface area contributed by atoms with Crippen molar-refractivity contribution >= 4 is 34.2 Å². The molecule has 1 aromatic heterocycles. The smallest absolute Gasteiger partial charge is 0.313 e. The Balaban J connectivity index is 1.83. The summed E-state index contributed by atoms with van der Waals surface area (Å²) in [4.78, 5) is 35.7. The molecular formula is C27H28ClN5O2. The van der Waals surface area contributed by atoms with Crippen molar-refractivity contribution < 1.29 is 4.79 Å². The van der Waals surface area contributed by atoms with Gasteiger partial charge in [-0.15, -0.1) is 0 Å². The number of aromatic nitrogens is 2. The summed E-state index contributed by atoms with van der Waals surface area (Å²) in [5.74, 6) is 0.470. The molecule has 4 rings (SSSR count). The molecule has 0 bridgehead atoms. The Kier molecular flexibility index (Phi) is 7.48. The number of hydrogen-bond donors (Lipinski definition) is 1. The van der Waals surface area contributed by atoms with Crippen molar-refractivity contribution in [1.82, 2.24) is 19.4 Å². The Morgan fingerprint density at radius 2 is 1.63 bits per heavy atom. The Bertz CT molecular complexity index is 1370. The van der Waals surface area contributed by atoms with Crippen LogP contribution in [0.15, 0.2) is 83.7 Å². The van der Waals surface area contributed by atoms with E-state index in [1.807, 2.05) is 74.4 Å². The van der Waals surface area contributed by atoms with E-state index in [1.165, 1.54) is 0 Å². The van der Waals surface area contributed by atoms with Crippen molar-refractivity contribution in [2.45, 2.75) is 13.0 Å². The van der Waals surface area contributed by atoms with Crippen molar-refractivity contribution in [2.24, 2.45) is 0 Å². The summed E-state index contributed by atoms with van der Waals surface area (Å²) in [6, 6.07) is 22.8. The molecule has 0 spiro atoms. The Labute approximate surface area is 209 Å². The first-order valence-corrected chi connectivity index (χ1v) is 11.8. The topological polar surface area (TPSA) is 70.5 Å². The van der Waals surface area contributed by atoms with E-state index in [0.717, 1.165) is 0 Å². The molecule has 0 aliphatic heterocycles. The third kappa shape index (κ3) is 5.53. The van der Waals surface area contributed by atoms with Gasteiger partial charge in [0.05, 0.1) is 22.6 Å². The minimum Gasteiger partial charge on any atom is -0.313 e. The minimum absolute atomic E-state index is 0.198. The number of amides is 2. The summed E-state index contributed by atoms with van der Waals surface area (Å²) in [5, 5.41) is 4.05. The Morgan fingerprint density at radius 3 is 2.31 bits per heavy atom. The second kappa shape index (κ2) is 10.7. The maximum Gasteiger partial charge on any atom is 0.322 e. The summed E-state index contributed by atoms with van der Waals surface area (Å²) < 4.78 is 1.57. The number of carbonyl (C=O) groups is 1. The van der Waals surface area contributed by atoms with Gasteiger partial charge in [0, 0.05) is 23.8 Å². The molecular weight excluding hydrogens is 462 g/mol. The molecule has 35 heavy (non-hydrogen) atoms. The van der Waals surface area contributed by atoms with Gasteiger partial charge in [0.25, 0.3) is 5.56 Å². The standard InChI is InChI=1S/C27H28ClN5O2/c1-19(32(18-17-31(2)3)27(35)29-21-9-5-4-6-10-21)25-30-24-12-8-7-11-23(24)26(34)33(25)22-15-13-20(28)14-16-22/h4-16,19H,17-18H2,1-3H3,(H,29,35). The average molecular weight is 490 g/mol. The molecule has 180 valence electrons. The second-order valence-electron chi connectivity index (χ2n) is 8.57. The lowest BCUT2D eigenvalue weighted by molar-refractivity contribution is 0.181. The van der Waals surface area contributed by atoms with Gasteiger partial charge in [0.15, 0.2) is 0 Å². The molecule has 1 unspecified atom stereocenters. The highest BCUT2D eigenvalue weighted by atomic mass is 35.5. The van der Waals surface area contributed by atoms with Crippen LogP contribution in [0.25, 0.3) is 16.6 Å². The fourth-order valence-corrected chi connectivity index (χ4v) is 4.03. The molecule has 0 radical (unpaired) electrons. The highest BCUT2D eigenvalue weighted by Gasteiger charge is 2.27. The molecule has 4 aromatic rings. The number of fused-ring (bicyclic) bond motifs is 1. The van der Waals surface area contributed by atoms with Crippen LogP contribution in [0.1, 0.15) is 18.8 Å². The molecule has 0 saturated heterocycles. The molecule has 1 heterocycles. The maximum absolute atomic E-state index is 13.7. The largest absolute Gasteiger partial charge is 0.322 e. The van der Waals surface area contributed by atoms with E-state index in [1.54, 1.807) is 39.8 Å². The molecule has 1 N–H and O–H groups in total. The van der Waals surface area contributed by atoms with Crippen molar-refractivity contribution in [3.8, 4) is 5.69 Å². The number of nitrogens with one attached hydrogen (secondary N) is 1. The van der Waals surface area contributed by atoms with E-state index >= 15 is 0 Å². The number of anilines is 1. The molecule has 0 aliphatic rings. The van der Waals surface area contributed by atoms with Crippen molar-refractivity contribution in [3.63, 3.8) is 0 Å². The van der Waals surface area contributed by atoms with Crippen LogP contribution in [0, 0.1) is 0 Å². The number of para-hydroxylation sites is 2. The van der Waals surface area contributed by atoms with E-state index in [0.29, 0.717) is 46.2 Å². The first-order chi connectivity index (χ1) is 16.8. The molecule has 0 aliphatic carbocycles. The SMILES string of the molecule is CC(c1nc2ccccc2c(=O)n1-c1ccc(Cl)cc1)N(CCN(C)C)C(=O)Nc1ccccc1. The fraction of sp³-hybridized carbons (Fsp3) is 0.222. The normalized spacial score (nSPS) is 12.0.